The van der Waals surface area contributed by atoms with Crippen LogP contribution in [0.4, 0.5) is 4.39 Å². The van der Waals surface area contributed by atoms with E-state index in [4.69, 9.17) is 0 Å². The Morgan fingerprint density at radius 3 is 2.38 bits per heavy atom. The van der Waals surface area contributed by atoms with Crippen LogP contribution in [0, 0.1) is 14.0 Å². The number of ether oxygens (including phenoxy) is 1. The van der Waals surface area contributed by atoms with E-state index in [9.17, 15) is 4.39 Å². The Bertz CT molecular complexity index is 531. The molecule has 0 aliphatic rings. The van der Waals surface area contributed by atoms with Crippen molar-refractivity contribution in [3.8, 4) is 11.4 Å². The molecule has 1 aromatic carbocycles. The van der Waals surface area contributed by atoms with E-state index in [-0.39, 0.29) is 6.61 Å². The number of rotatable bonds is 6. The molecule has 0 N–H and O–H groups in total. The molecular formula is C16H18FN2ORf-. The van der Waals surface area contributed by atoms with Crippen molar-refractivity contribution in [2.45, 2.75) is 25.9 Å². The molecule has 2 aromatic rings. The van der Waals surface area contributed by atoms with E-state index in [0.29, 0.717) is 18.7 Å². The molecule has 0 bridgehead atoms. The zero-order valence-electron chi connectivity index (χ0n) is 12.3. The van der Waals surface area contributed by atoms with Crippen molar-refractivity contribution in [3.05, 3.63) is 54.9 Å². The molecule has 1 heterocycles. The summed E-state index contributed by atoms with van der Waals surface area (Å²) >= 11 is 0. The van der Waals surface area contributed by atoms with Crippen molar-refractivity contribution in [3.63, 3.8) is 0 Å². The third-order valence-corrected chi connectivity index (χ3v) is 3.04. The standard InChI is InChI=1S/C16H18FN2O.Rf/c1-12-9-18-16(19-10-12)14-6-3-13(4-7-14)5-8-15(17)11-20-2;/h3-4,6-7,9-10,15H,2,5,8,11H2,1H3;/q-1;. The van der Waals surface area contributed by atoms with Crippen LogP contribution in [0.5, 0.6) is 0 Å². The first-order valence-corrected chi connectivity index (χ1v) is 6.58. The van der Waals surface area contributed by atoms with Gasteiger partial charge in [-0.3, -0.25) is 0 Å². The second-order valence-electron chi connectivity index (χ2n) is 4.79. The van der Waals surface area contributed by atoms with Crippen LogP contribution in [0.3, 0.4) is 0 Å². The van der Waals surface area contributed by atoms with Gasteiger partial charge in [0.15, 0.2) is 5.82 Å². The Balaban J connectivity index is 0.00000220. The van der Waals surface area contributed by atoms with Crippen LogP contribution in [0.15, 0.2) is 36.7 Å². The zero-order valence-corrected chi connectivity index (χ0v) is 18.7. The van der Waals surface area contributed by atoms with E-state index in [2.05, 4.69) is 21.8 Å². The first-order chi connectivity index (χ1) is 9.69. The SMILES string of the molecule is [CH2-]OCC(F)CCc1ccc(-c2ncc(C)cn2)cc1.[Rf]. The minimum atomic E-state index is -0.965. The van der Waals surface area contributed by atoms with Gasteiger partial charge in [0, 0.05) is 24.6 Å². The average Bonchev–Trinajstić information content (AvgIpc) is 2.47. The number of nitrogens with zero attached hydrogens (tertiary/aromatic N) is 2. The van der Waals surface area contributed by atoms with Gasteiger partial charge >= 0.3 is 0 Å². The van der Waals surface area contributed by atoms with E-state index in [1.165, 1.54) is 0 Å². The molecule has 1 atom stereocenters. The van der Waals surface area contributed by atoms with Gasteiger partial charge in [0.25, 0.3) is 0 Å². The Hall–Kier alpha value is -2.81. The molecule has 0 saturated heterocycles. The van der Waals surface area contributed by atoms with Crippen LogP contribution >= 0.6 is 0 Å². The Labute approximate surface area is 118 Å². The topological polar surface area (TPSA) is 35.0 Å². The second kappa shape index (κ2) is 7.70. The summed E-state index contributed by atoms with van der Waals surface area (Å²) in [6.07, 6.45) is 3.74. The number of halogens is 1. The fraction of sp³-hybridized carbons (Fsp3) is 0.312. The summed E-state index contributed by atoms with van der Waals surface area (Å²) in [7, 11) is 3.18. The largest absolute Gasteiger partial charge is 0.553 e. The number of benzene rings is 1. The van der Waals surface area contributed by atoms with Crippen molar-refractivity contribution < 1.29 is 9.13 Å². The third kappa shape index (κ3) is 4.66. The summed E-state index contributed by atoms with van der Waals surface area (Å²) in [6, 6.07) is 7.89. The van der Waals surface area contributed by atoms with E-state index < -0.39 is 6.17 Å². The van der Waals surface area contributed by atoms with Crippen LogP contribution in [0.1, 0.15) is 17.5 Å². The smallest absolute Gasteiger partial charge is 0.159 e. The van der Waals surface area contributed by atoms with Crippen LogP contribution in [0.25, 0.3) is 11.4 Å². The van der Waals surface area contributed by atoms with E-state index in [1.54, 1.807) is 12.4 Å². The third-order valence-electron chi connectivity index (χ3n) is 3.04. The zero-order chi connectivity index (χ0) is 14.4. The molecule has 108 valence electrons. The summed E-state index contributed by atoms with van der Waals surface area (Å²) in [5.41, 5.74) is 3.09. The van der Waals surface area contributed by atoms with Crippen LogP contribution in [0.2, 0.25) is 0 Å². The molecule has 0 amide bonds. The van der Waals surface area contributed by atoms with Gasteiger partial charge in [0.1, 0.15) is 6.17 Å². The maximum absolute atomic E-state index is 13.3. The number of aryl methyl sites for hydroxylation is 2. The molecular weight excluding hydrogens is 522 g/mol. The predicted octanol–water partition coefficient (Wildman–Crippen LogP) is 3.53. The molecule has 5 heteroatoms. The first-order valence-electron chi connectivity index (χ1n) is 6.58. The monoisotopic (exact) mass is 540 g/mol. The average molecular weight is 540 g/mol. The maximum atomic E-state index is 13.3. The van der Waals surface area contributed by atoms with Crippen molar-refractivity contribution in [2.75, 3.05) is 6.61 Å². The minimum absolute atomic E-state index is 0. The summed E-state index contributed by atoms with van der Waals surface area (Å²) < 4.78 is 17.8. The van der Waals surface area contributed by atoms with E-state index >= 15 is 0 Å². The maximum Gasteiger partial charge on any atom is 0.159 e. The number of alkyl halides is 1. The van der Waals surface area contributed by atoms with Crippen LogP contribution < -0.4 is 0 Å². The Kier molecular flexibility index (Phi) is 5.96. The van der Waals surface area contributed by atoms with E-state index in [0.717, 1.165) is 16.7 Å². The van der Waals surface area contributed by atoms with Gasteiger partial charge in [-0.2, -0.15) is 0 Å². The van der Waals surface area contributed by atoms with Gasteiger partial charge in [0.05, 0.1) is 0 Å². The van der Waals surface area contributed by atoms with Gasteiger partial charge in [-0.1, -0.05) is 24.3 Å². The van der Waals surface area contributed by atoms with E-state index in [1.807, 2.05) is 31.2 Å². The summed E-state index contributed by atoms with van der Waals surface area (Å²) in [4.78, 5) is 8.56. The van der Waals surface area contributed by atoms with Crippen LogP contribution in [-0.4, -0.2) is 22.7 Å². The van der Waals surface area contributed by atoms with Gasteiger partial charge in [0.2, 0.25) is 0 Å². The first kappa shape index (κ1) is 16.2. The van der Waals surface area contributed by atoms with Crippen molar-refractivity contribution in [2.24, 2.45) is 0 Å². The molecule has 21 heavy (non-hydrogen) atoms. The van der Waals surface area contributed by atoms with Gasteiger partial charge in [-0.15, -0.1) is 0 Å². The van der Waals surface area contributed by atoms with Gasteiger partial charge < -0.3 is 4.74 Å². The molecule has 0 saturated carbocycles. The fourth-order valence-electron chi connectivity index (χ4n) is 1.90. The molecule has 1 unspecified atom stereocenters. The number of hydrogen-bond acceptors (Lipinski definition) is 3. The molecule has 0 fully saturated rings. The number of hydrogen-bond donors (Lipinski definition) is 0. The quantitative estimate of drug-likeness (QED) is 0.527. The minimum Gasteiger partial charge on any atom is -0.553 e. The Morgan fingerprint density at radius 1 is 1.19 bits per heavy atom. The summed E-state index contributed by atoms with van der Waals surface area (Å²) in [5.74, 6) is 0.705. The molecule has 0 aliphatic heterocycles. The van der Waals surface area contributed by atoms with Crippen LogP contribution in [-0.2, 0) is 11.2 Å². The van der Waals surface area contributed by atoms with Crippen molar-refractivity contribution in [1.82, 2.24) is 9.97 Å². The molecule has 0 radical (unpaired) electrons. The van der Waals surface area contributed by atoms with Crippen molar-refractivity contribution >= 4 is 0 Å². The summed E-state index contributed by atoms with van der Waals surface area (Å²) in [5, 5.41) is 0. The predicted molar refractivity (Wildman–Crippen MR) is 76.7 cm³/mol. The molecule has 1 aromatic heterocycles. The van der Waals surface area contributed by atoms with Crippen molar-refractivity contribution in [1.29, 1.82) is 0 Å². The van der Waals surface area contributed by atoms with Gasteiger partial charge in [-0.25, -0.2) is 21.5 Å². The van der Waals surface area contributed by atoms with Gasteiger partial charge in [-0.05, 0) is 30.9 Å². The number of aromatic nitrogens is 2. The molecule has 2 rings (SSSR count). The second-order valence-corrected chi connectivity index (χ2v) is 4.79. The summed E-state index contributed by atoms with van der Waals surface area (Å²) in [6.45, 7) is 2.01. The molecule has 0 aliphatic carbocycles. The Morgan fingerprint density at radius 2 is 1.81 bits per heavy atom. The molecule has 3 nitrogen and oxygen atoms in total. The normalized spacial score (nSPS) is 11.8. The molecule has 0 spiro atoms. The fourth-order valence-corrected chi connectivity index (χ4v) is 1.90.